The van der Waals surface area contributed by atoms with Crippen molar-refractivity contribution in [2.75, 3.05) is 33.3 Å². The molecule has 7 heteroatoms. The Morgan fingerprint density at radius 1 is 1.32 bits per heavy atom. The average molecular weight is 350 g/mol. The van der Waals surface area contributed by atoms with Crippen LogP contribution in [0, 0.1) is 0 Å². The number of carbonyl (C=O) groups excluding carboxylic acids is 1. The van der Waals surface area contributed by atoms with Gasteiger partial charge in [-0.2, -0.15) is 0 Å². The van der Waals surface area contributed by atoms with Crippen molar-refractivity contribution in [3.8, 4) is 5.75 Å². The second kappa shape index (κ2) is 10.7. The molecule has 1 heterocycles. The minimum absolute atomic E-state index is 0. The smallest absolute Gasteiger partial charge is 0.233 e. The van der Waals surface area contributed by atoms with Gasteiger partial charge in [0.25, 0.3) is 0 Å². The number of hydrogen-bond acceptors (Lipinski definition) is 4. The van der Waals surface area contributed by atoms with E-state index in [-0.39, 0.29) is 43.3 Å². The molecule has 1 aromatic carbocycles. The third kappa shape index (κ3) is 5.32. The van der Waals surface area contributed by atoms with Crippen molar-refractivity contribution in [2.45, 2.75) is 18.9 Å². The lowest BCUT2D eigenvalue weighted by molar-refractivity contribution is -0.119. The van der Waals surface area contributed by atoms with Crippen molar-refractivity contribution in [1.82, 2.24) is 10.2 Å². The van der Waals surface area contributed by atoms with E-state index in [1.54, 1.807) is 7.11 Å². The van der Waals surface area contributed by atoms with Crippen molar-refractivity contribution in [2.24, 2.45) is 5.73 Å². The molecular weight excluding hydrogens is 325 g/mol. The van der Waals surface area contributed by atoms with Crippen LogP contribution in [0.15, 0.2) is 24.3 Å². The van der Waals surface area contributed by atoms with E-state index in [1.807, 2.05) is 18.2 Å². The van der Waals surface area contributed by atoms with Crippen LogP contribution >= 0.6 is 24.8 Å². The molecule has 1 amide bonds. The molecule has 0 saturated carbocycles. The first-order valence-corrected chi connectivity index (χ1v) is 7.10. The van der Waals surface area contributed by atoms with Gasteiger partial charge in [0.1, 0.15) is 5.75 Å². The zero-order valence-corrected chi connectivity index (χ0v) is 14.4. The minimum Gasteiger partial charge on any atom is -0.496 e. The lowest BCUT2D eigenvalue weighted by Crippen LogP contribution is -2.39. The highest BCUT2D eigenvalue weighted by Crippen LogP contribution is 2.31. The molecule has 0 aromatic heterocycles. The summed E-state index contributed by atoms with van der Waals surface area (Å²) in [6.45, 7) is 2.71. The zero-order chi connectivity index (χ0) is 14.4. The lowest BCUT2D eigenvalue weighted by atomic mass is 10.0. The molecule has 1 saturated heterocycles. The van der Waals surface area contributed by atoms with Gasteiger partial charge in [0.15, 0.2) is 0 Å². The third-order valence-corrected chi connectivity index (χ3v) is 3.76. The van der Waals surface area contributed by atoms with Gasteiger partial charge >= 0.3 is 0 Å². The quantitative estimate of drug-likeness (QED) is 0.820. The fraction of sp³-hybridized carbons (Fsp3) is 0.533. The standard InChI is InChI=1S/C15H23N3O2.2ClH/c1-20-14-7-3-2-6-12(14)13(11-17-15(19)10-16)18-8-4-5-9-18;;/h2-3,6-7,13H,4-5,8-11,16H2,1H3,(H,17,19);2*1H. The van der Waals surface area contributed by atoms with Crippen LogP contribution in [0.25, 0.3) is 0 Å². The summed E-state index contributed by atoms with van der Waals surface area (Å²) < 4.78 is 5.45. The van der Waals surface area contributed by atoms with E-state index in [2.05, 4.69) is 16.3 Å². The molecule has 1 unspecified atom stereocenters. The first-order valence-electron chi connectivity index (χ1n) is 7.10. The summed E-state index contributed by atoms with van der Waals surface area (Å²) in [4.78, 5) is 13.8. The van der Waals surface area contributed by atoms with Gasteiger partial charge in [-0.25, -0.2) is 0 Å². The Bertz CT molecular complexity index is 454. The van der Waals surface area contributed by atoms with Gasteiger partial charge in [0, 0.05) is 12.1 Å². The number of rotatable bonds is 6. The van der Waals surface area contributed by atoms with E-state index in [9.17, 15) is 4.79 Å². The van der Waals surface area contributed by atoms with Crippen molar-refractivity contribution in [3.63, 3.8) is 0 Å². The predicted octanol–water partition coefficient (Wildman–Crippen LogP) is 1.75. The summed E-state index contributed by atoms with van der Waals surface area (Å²) in [6, 6.07) is 8.14. The Labute approximate surface area is 144 Å². The molecule has 1 aromatic rings. The van der Waals surface area contributed by atoms with Gasteiger partial charge < -0.3 is 15.8 Å². The maximum Gasteiger partial charge on any atom is 0.233 e. The SMILES string of the molecule is COc1ccccc1C(CNC(=O)CN)N1CCCC1.Cl.Cl. The molecule has 1 aliphatic rings. The number of nitrogens with zero attached hydrogens (tertiary/aromatic N) is 1. The van der Waals surface area contributed by atoms with Crippen LogP contribution < -0.4 is 15.8 Å². The Balaban J connectivity index is 0.00000220. The van der Waals surface area contributed by atoms with Crippen molar-refractivity contribution < 1.29 is 9.53 Å². The van der Waals surface area contributed by atoms with Crippen LogP contribution in [-0.4, -0.2) is 44.1 Å². The number of ether oxygens (including phenoxy) is 1. The monoisotopic (exact) mass is 349 g/mol. The average Bonchev–Trinajstić information content (AvgIpc) is 3.01. The molecular formula is C15H25Cl2N3O2. The number of nitrogens with two attached hydrogens (primary N) is 1. The normalized spacial score (nSPS) is 15.4. The topological polar surface area (TPSA) is 67.6 Å². The van der Waals surface area contributed by atoms with E-state index in [0.717, 1.165) is 24.4 Å². The highest BCUT2D eigenvalue weighted by Gasteiger charge is 2.25. The van der Waals surface area contributed by atoms with Crippen molar-refractivity contribution in [3.05, 3.63) is 29.8 Å². The summed E-state index contributed by atoms with van der Waals surface area (Å²) in [5.41, 5.74) is 6.48. The van der Waals surface area contributed by atoms with E-state index in [4.69, 9.17) is 10.5 Å². The zero-order valence-electron chi connectivity index (χ0n) is 12.8. The van der Waals surface area contributed by atoms with E-state index in [0.29, 0.717) is 6.54 Å². The molecule has 5 nitrogen and oxygen atoms in total. The molecule has 0 spiro atoms. The summed E-state index contributed by atoms with van der Waals surface area (Å²) in [5.74, 6) is 0.746. The predicted molar refractivity (Wildman–Crippen MR) is 93.1 cm³/mol. The second-order valence-electron chi connectivity index (χ2n) is 5.01. The molecule has 3 N–H and O–H groups in total. The fourth-order valence-corrected chi connectivity index (χ4v) is 2.71. The Morgan fingerprint density at radius 3 is 2.55 bits per heavy atom. The van der Waals surface area contributed by atoms with E-state index < -0.39 is 0 Å². The lowest BCUT2D eigenvalue weighted by Gasteiger charge is -2.29. The molecule has 22 heavy (non-hydrogen) atoms. The molecule has 1 fully saturated rings. The third-order valence-electron chi connectivity index (χ3n) is 3.76. The van der Waals surface area contributed by atoms with Crippen molar-refractivity contribution >= 4 is 30.7 Å². The molecule has 126 valence electrons. The van der Waals surface area contributed by atoms with Crippen LogP contribution in [0.5, 0.6) is 5.75 Å². The summed E-state index contributed by atoms with van der Waals surface area (Å²) in [7, 11) is 1.68. The second-order valence-corrected chi connectivity index (χ2v) is 5.01. The summed E-state index contributed by atoms with van der Waals surface area (Å²) in [6.07, 6.45) is 2.41. The van der Waals surface area contributed by atoms with Crippen LogP contribution in [0.2, 0.25) is 0 Å². The number of nitrogens with one attached hydrogen (secondary N) is 1. The first-order chi connectivity index (χ1) is 9.76. The number of benzene rings is 1. The molecule has 0 radical (unpaired) electrons. The number of amides is 1. The number of para-hydroxylation sites is 1. The number of carbonyl (C=O) groups is 1. The van der Waals surface area contributed by atoms with E-state index >= 15 is 0 Å². The van der Waals surface area contributed by atoms with E-state index in [1.165, 1.54) is 12.8 Å². The number of hydrogen-bond donors (Lipinski definition) is 2. The van der Waals surface area contributed by atoms with Crippen LogP contribution in [0.1, 0.15) is 24.4 Å². The fourth-order valence-electron chi connectivity index (χ4n) is 2.71. The van der Waals surface area contributed by atoms with Gasteiger partial charge in [-0.15, -0.1) is 24.8 Å². The Hall–Kier alpha value is -1.01. The summed E-state index contributed by atoms with van der Waals surface area (Å²) >= 11 is 0. The maximum atomic E-state index is 11.4. The number of likely N-dealkylation sites (tertiary alicyclic amines) is 1. The van der Waals surface area contributed by atoms with Crippen LogP contribution in [0.3, 0.4) is 0 Å². The largest absolute Gasteiger partial charge is 0.496 e. The Kier molecular flexibility index (Phi) is 10.2. The van der Waals surface area contributed by atoms with Gasteiger partial charge in [-0.05, 0) is 32.0 Å². The van der Waals surface area contributed by atoms with Gasteiger partial charge in [-0.3, -0.25) is 9.69 Å². The number of methoxy groups -OCH3 is 1. The van der Waals surface area contributed by atoms with Gasteiger partial charge in [-0.1, -0.05) is 18.2 Å². The van der Waals surface area contributed by atoms with Gasteiger partial charge in [0.05, 0.1) is 19.7 Å². The maximum absolute atomic E-state index is 11.4. The molecule has 2 rings (SSSR count). The first kappa shape index (κ1) is 21.0. The number of halogens is 2. The Morgan fingerprint density at radius 2 is 1.95 bits per heavy atom. The van der Waals surface area contributed by atoms with Crippen LogP contribution in [-0.2, 0) is 4.79 Å². The molecule has 0 aliphatic carbocycles. The molecule has 1 atom stereocenters. The highest BCUT2D eigenvalue weighted by atomic mass is 35.5. The minimum atomic E-state index is -0.121. The van der Waals surface area contributed by atoms with Crippen LogP contribution in [0.4, 0.5) is 0 Å². The summed E-state index contributed by atoms with van der Waals surface area (Å²) in [5, 5.41) is 2.90. The van der Waals surface area contributed by atoms with Crippen molar-refractivity contribution in [1.29, 1.82) is 0 Å². The molecule has 0 bridgehead atoms. The highest BCUT2D eigenvalue weighted by molar-refractivity contribution is 5.85. The van der Waals surface area contributed by atoms with Gasteiger partial charge in [0.2, 0.25) is 5.91 Å². The molecule has 1 aliphatic heterocycles.